The van der Waals surface area contributed by atoms with Gasteiger partial charge < -0.3 is 9.72 Å². The molecule has 0 aliphatic heterocycles. The van der Waals surface area contributed by atoms with Crippen molar-refractivity contribution < 1.29 is 27.1 Å². The quantitative estimate of drug-likeness (QED) is 0.561. The number of aryl methyl sites for hydroxylation is 1. The molecule has 28 heavy (non-hydrogen) atoms. The highest BCUT2D eigenvalue weighted by molar-refractivity contribution is 7.89. The van der Waals surface area contributed by atoms with Crippen molar-refractivity contribution >= 4 is 21.8 Å². The first-order valence-corrected chi connectivity index (χ1v) is 10.2. The Morgan fingerprint density at radius 3 is 2.36 bits per heavy atom. The minimum Gasteiger partial charge on any atom is -0.464 e. The lowest BCUT2D eigenvalue weighted by Gasteiger charge is -2.21. The predicted molar refractivity (Wildman–Crippen MR) is 99.3 cm³/mol. The summed E-state index contributed by atoms with van der Waals surface area (Å²) in [7, 11) is -2.71. The molecule has 0 radical (unpaired) electrons. The SMILES string of the molecule is COC(=O)c1[nH]c(C)c(C(=O)CN(C2CC2)S(=O)(=O)c2ccc(F)cc2)c1C. The number of H-pyrrole nitrogens is 1. The van der Waals surface area contributed by atoms with Crippen LogP contribution < -0.4 is 0 Å². The Kier molecular flexibility index (Phi) is 5.40. The fourth-order valence-electron chi connectivity index (χ4n) is 3.21. The summed E-state index contributed by atoms with van der Waals surface area (Å²) in [5, 5.41) is 0. The first kappa shape index (κ1) is 20.2. The van der Waals surface area contributed by atoms with E-state index in [-0.39, 0.29) is 28.7 Å². The zero-order valence-electron chi connectivity index (χ0n) is 15.8. The Morgan fingerprint density at radius 1 is 1.21 bits per heavy atom. The number of nitrogens with zero attached hydrogens (tertiary/aromatic N) is 1. The third kappa shape index (κ3) is 3.72. The van der Waals surface area contributed by atoms with Crippen molar-refractivity contribution in [3.8, 4) is 0 Å². The summed E-state index contributed by atoms with van der Waals surface area (Å²) >= 11 is 0. The van der Waals surface area contributed by atoms with E-state index >= 15 is 0 Å². The summed E-state index contributed by atoms with van der Waals surface area (Å²) in [6, 6.07) is 4.25. The van der Waals surface area contributed by atoms with Gasteiger partial charge in [-0.2, -0.15) is 4.31 Å². The van der Waals surface area contributed by atoms with Gasteiger partial charge in [-0.05, 0) is 56.5 Å². The van der Waals surface area contributed by atoms with Crippen molar-refractivity contribution in [1.82, 2.24) is 9.29 Å². The Balaban J connectivity index is 1.92. The zero-order valence-corrected chi connectivity index (χ0v) is 16.6. The lowest BCUT2D eigenvalue weighted by Crippen LogP contribution is -2.37. The van der Waals surface area contributed by atoms with Crippen molar-refractivity contribution in [3.63, 3.8) is 0 Å². The Bertz CT molecular complexity index is 1020. The van der Waals surface area contributed by atoms with Crippen LogP contribution in [0, 0.1) is 19.7 Å². The summed E-state index contributed by atoms with van der Waals surface area (Å²) in [4.78, 5) is 27.6. The van der Waals surface area contributed by atoms with Crippen LogP contribution in [0.3, 0.4) is 0 Å². The van der Waals surface area contributed by atoms with E-state index in [0.717, 1.165) is 16.4 Å². The highest BCUT2D eigenvalue weighted by atomic mass is 32.2. The molecule has 1 aromatic carbocycles. The van der Waals surface area contributed by atoms with Crippen LogP contribution in [0.5, 0.6) is 0 Å². The van der Waals surface area contributed by atoms with Gasteiger partial charge in [0.15, 0.2) is 5.78 Å². The minimum atomic E-state index is -3.95. The number of nitrogens with one attached hydrogen (secondary N) is 1. The molecule has 2 aromatic rings. The maximum atomic E-state index is 13.2. The van der Waals surface area contributed by atoms with Crippen LogP contribution in [0.15, 0.2) is 29.2 Å². The zero-order chi connectivity index (χ0) is 20.6. The number of esters is 1. The second-order valence-electron chi connectivity index (χ2n) is 6.78. The number of sulfonamides is 1. The molecule has 1 aromatic heterocycles. The average Bonchev–Trinajstić information content (AvgIpc) is 3.44. The summed E-state index contributed by atoms with van der Waals surface area (Å²) in [6.45, 7) is 2.89. The monoisotopic (exact) mass is 408 g/mol. The number of methoxy groups -OCH3 is 1. The van der Waals surface area contributed by atoms with Crippen LogP contribution in [0.1, 0.15) is 44.9 Å². The number of Topliss-reactive ketones (excluding diaryl/α,β-unsaturated/α-hetero) is 1. The Labute approximate surface area is 162 Å². The highest BCUT2D eigenvalue weighted by Crippen LogP contribution is 2.33. The van der Waals surface area contributed by atoms with Gasteiger partial charge in [-0.25, -0.2) is 17.6 Å². The lowest BCUT2D eigenvalue weighted by atomic mass is 10.1. The van der Waals surface area contributed by atoms with E-state index < -0.39 is 27.6 Å². The fraction of sp³-hybridized carbons (Fsp3) is 0.368. The molecular weight excluding hydrogens is 387 g/mol. The second kappa shape index (κ2) is 7.48. The van der Waals surface area contributed by atoms with Crippen molar-refractivity contribution in [2.75, 3.05) is 13.7 Å². The van der Waals surface area contributed by atoms with Crippen LogP contribution in [0.25, 0.3) is 0 Å². The van der Waals surface area contributed by atoms with Gasteiger partial charge in [0, 0.05) is 17.3 Å². The molecule has 0 atom stereocenters. The van der Waals surface area contributed by atoms with Crippen molar-refractivity contribution in [2.24, 2.45) is 0 Å². The summed E-state index contributed by atoms with van der Waals surface area (Å²) in [6.07, 6.45) is 1.32. The number of aromatic nitrogens is 1. The van der Waals surface area contributed by atoms with Crippen LogP contribution in [0.4, 0.5) is 4.39 Å². The molecule has 0 spiro atoms. The van der Waals surface area contributed by atoms with Gasteiger partial charge >= 0.3 is 5.97 Å². The number of aromatic amines is 1. The average molecular weight is 408 g/mol. The van der Waals surface area contributed by atoms with Gasteiger partial charge in [0.25, 0.3) is 0 Å². The number of carbonyl (C=O) groups excluding carboxylic acids is 2. The van der Waals surface area contributed by atoms with E-state index in [4.69, 9.17) is 4.74 Å². The normalized spacial score (nSPS) is 14.3. The van der Waals surface area contributed by atoms with Crippen LogP contribution in [-0.2, 0) is 14.8 Å². The molecule has 7 nitrogen and oxygen atoms in total. The Hall–Kier alpha value is -2.52. The van der Waals surface area contributed by atoms with Crippen LogP contribution in [-0.4, -0.2) is 49.2 Å². The fourth-order valence-corrected chi connectivity index (χ4v) is 4.85. The van der Waals surface area contributed by atoms with Gasteiger partial charge in [0.1, 0.15) is 11.5 Å². The van der Waals surface area contributed by atoms with Crippen LogP contribution >= 0.6 is 0 Å². The van der Waals surface area contributed by atoms with Gasteiger partial charge in [0.2, 0.25) is 10.0 Å². The van der Waals surface area contributed by atoms with Gasteiger partial charge in [-0.15, -0.1) is 0 Å². The molecule has 1 saturated carbocycles. The number of carbonyl (C=O) groups is 2. The number of rotatable bonds is 7. The second-order valence-corrected chi connectivity index (χ2v) is 8.67. The molecule has 0 amide bonds. The maximum Gasteiger partial charge on any atom is 0.354 e. The summed E-state index contributed by atoms with van der Waals surface area (Å²) < 4.78 is 45.0. The molecular formula is C19H21FN2O5S. The molecule has 1 N–H and O–H groups in total. The number of halogens is 1. The molecule has 150 valence electrons. The number of ether oxygens (including phenoxy) is 1. The van der Waals surface area contributed by atoms with Gasteiger partial charge in [-0.3, -0.25) is 4.79 Å². The van der Waals surface area contributed by atoms with E-state index in [2.05, 4.69) is 4.98 Å². The van der Waals surface area contributed by atoms with Gasteiger partial charge in [0.05, 0.1) is 18.6 Å². The number of benzene rings is 1. The van der Waals surface area contributed by atoms with E-state index in [1.54, 1.807) is 13.8 Å². The van der Waals surface area contributed by atoms with E-state index in [9.17, 15) is 22.4 Å². The highest BCUT2D eigenvalue weighted by Gasteiger charge is 2.40. The molecule has 1 aliphatic rings. The molecule has 0 bridgehead atoms. The molecule has 0 saturated heterocycles. The van der Waals surface area contributed by atoms with E-state index in [0.29, 0.717) is 24.1 Å². The third-order valence-electron chi connectivity index (χ3n) is 4.78. The first-order valence-electron chi connectivity index (χ1n) is 8.75. The van der Waals surface area contributed by atoms with Crippen molar-refractivity contribution in [2.45, 2.75) is 37.6 Å². The maximum absolute atomic E-state index is 13.2. The van der Waals surface area contributed by atoms with E-state index in [1.165, 1.54) is 19.2 Å². The molecule has 1 aliphatic carbocycles. The third-order valence-corrected chi connectivity index (χ3v) is 6.69. The van der Waals surface area contributed by atoms with Crippen molar-refractivity contribution in [3.05, 3.63) is 52.6 Å². The predicted octanol–water partition coefficient (Wildman–Crippen LogP) is 2.59. The largest absolute Gasteiger partial charge is 0.464 e. The van der Waals surface area contributed by atoms with Gasteiger partial charge in [-0.1, -0.05) is 0 Å². The number of hydrogen-bond donors (Lipinski definition) is 1. The van der Waals surface area contributed by atoms with E-state index in [1.807, 2.05) is 0 Å². The summed E-state index contributed by atoms with van der Waals surface area (Å²) in [5.74, 6) is -1.56. The molecule has 1 heterocycles. The first-order chi connectivity index (χ1) is 13.2. The Morgan fingerprint density at radius 2 is 1.82 bits per heavy atom. The smallest absolute Gasteiger partial charge is 0.354 e. The molecule has 1 fully saturated rings. The van der Waals surface area contributed by atoms with Crippen LogP contribution in [0.2, 0.25) is 0 Å². The lowest BCUT2D eigenvalue weighted by molar-refractivity contribution is 0.0594. The standard InChI is InChI=1S/C19H21FN2O5S/c1-11-17(12(2)21-18(11)19(24)27-3)16(23)10-22(14-6-7-14)28(25,26)15-8-4-13(20)5-9-15/h4-5,8-9,14,21H,6-7,10H2,1-3H3. The van der Waals surface area contributed by atoms with Crippen molar-refractivity contribution in [1.29, 1.82) is 0 Å². The molecule has 0 unspecified atom stereocenters. The topological polar surface area (TPSA) is 96.5 Å². The minimum absolute atomic E-state index is 0.0636. The number of ketones is 1. The molecule has 3 rings (SSSR count). The summed E-state index contributed by atoms with van der Waals surface area (Å²) in [5.41, 5.74) is 1.34. The number of hydrogen-bond acceptors (Lipinski definition) is 5. The molecule has 9 heteroatoms.